The van der Waals surface area contributed by atoms with Gasteiger partial charge in [-0.15, -0.1) is 0 Å². The maximum absolute atomic E-state index is 2.40. The topological polar surface area (TPSA) is 0 Å². The molecule has 5 rings (SSSR count). The van der Waals surface area contributed by atoms with Crippen molar-refractivity contribution in [1.29, 1.82) is 0 Å². The summed E-state index contributed by atoms with van der Waals surface area (Å²) in [6, 6.07) is 56.4. The van der Waals surface area contributed by atoms with E-state index in [0.717, 1.165) is 16.5 Å². The Labute approximate surface area is 216 Å². The molecule has 5 aromatic rings. The average Bonchev–Trinajstić information content (AvgIpc) is 2.95. The van der Waals surface area contributed by atoms with Gasteiger partial charge in [-0.1, -0.05) is 168 Å². The van der Waals surface area contributed by atoms with E-state index in [1.807, 2.05) is 0 Å². The summed E-state index contributed by atoms with van der Waals surface area (Å²) in [5.41, 5.74) is 0. The maximum atomic E-state index is 2.40. The molecule has 4 atom stereocenters. The number of rotatable bonds is 9. The molecule has 0 aliphatic rings. The van der Waals surface area contributed by atoms with Crippen molar-refractivity contribution < 1.29 is 0 Å². The van der Waals surface area contributed by atoms with Gasteiger partial charge in [-0.05, 0) is 48.4 Å². The van der Waals surface area contributed by atoms with Crippen LogP contribution in [0.1, 0.15) is 0 Å². The molecule has 5 aromatic carbocycles. The van der Waals surface area contributed by atoms with Crippen molar-refractivity contribution in [2.45, 2.75) is 0 Å². The first-order valence-corrected chi connectivity index (χ1v) is 20.7. The zero-order valence-electron chi connectivity index (χ0n) is 19.3. The summed E-state index contributed by atoms with van der Waals surface area (Å²) in [5.74, 6) is 0. The van der Waals surface area contributed by atoms with Gasteiger partial charge in [-0.2, -0.15) is 0 Å². The van der Waals surface area contributed by atoms with Crippen molar-refractivity contribution in [3.05, 3.63) is 152 Å². The quantitative estimate of drug-likeness (QED) is 0.165. The number of hydrogen-bond acceptors (Lipinski definition) is 0. The van der Waals surface area contributed by atoms with Crippen molar-refractivity contribution in [3.8, 4) is 0 Å². The molecule has 4 unspecified atom stereocenters. The first kappa shape index (κ1) is 24.9. The summed E-state index contributed by atoms with van der Waals surface area (Å²) >= 11 is 0. The molecule has 0 nitrogen and oxygen atoms in total. The summed E-state index contributed by atoms with van der Waals surface area (Å²) in [7, 11) is 0.350. The Balaban J connectivity index is 1.67. The maximum Gasteiger partial charge on any atom is -0.00688 e. The van der Waals surface area contributed by atoms with Crippen LogP contribution in [0.15, 0.2) is 152 Å². The van der Waals surface area contributed by atoms with Crippen LogP contribution in [-0.2, 0) is 0 Å². The molecule has 0 aromatic heterocycles. The molecule has 0 bridgehead atoms. The Morgan fingerprint density at radius 1 is 0.314 bits per heavy atom. The summed E-state index contributed by atoms with van der Waals surface area (Å²) < 4.78 is 0. The van der Waals surface area contributed by atoms with E-state index in [1.54, 1.807) is 5.30 Å². The van der Waals surface area contributed by atoms with Crippen molar-refractivity contribution >= 4 is 65.0 Å². The van der Waals surface area contributed by atoms with E-state index in [0.29, 0.717) is 0 Å². The van der Waals surface area contributed by atoms with E-state index in [1.165, 1.54) is 21.2 Å². The van der Waals surface area contributed by atoms with Crippen molar-refractivity contribution in [2.24, 2.45) is 0 Å². The fourth-order valence-corrected chi connectivity index (χ4v) is 36.2. The third-order valence-corrected chi connectivity index (χ3v) is 31.1. The molecule has 0 amide bonds. The van der Waals surface area contributed by atoms with Gasteiger partial charge < -0.3 is 0 Å². The highest BCUT2D eigenvalue weighted by Gasteiger charge is 2.33. The molecule has 0 fully saturated rings. The summed E-state index contributed by atoms with van der Waals surface area (Å²) in [4.78, 5) is 0. The standard InChI is InChI=1S/C30H27P5/c1-6-16-26(17-7-1)31-33(28-20-10-3-11-21-28)35(30-24-14-5-15-25-30)34(29-22-12-4-13-23-29)32-27-18-8-2-9-19-27/h1-25,31-32H. The molecule has 35 heavy (non-hydrogen) atoms. The average molecular weight is 542 g/mol. The second kappa shape index (κ2) is 13.0. The van der Waals surface area contributed by atoms with Gasteiger partial charge in [0, 0.05) is 0 Å². The lowest BCUT2D eigenvalue weighted by Crippen LogP contribution is -2.09. The fourth-order valence-electron chi connectivity index (χ4n) is 3.73. The van der Waals surface area contributed by atoms with E-state index in [-0.39, 0.29) is 0 Å². The van der Waals surface area contributed by atoms with E-state index >= 15 is 0 Å². The largest absolute Gasteiger partial charge is 0.0622 e. The number of hydrogen-bond donors (Lipinski definition) is 0. The van der Waals surface area contributed by atoms with Crippen LogP contribution in [0, 0.1) is 0 Å². The van der Waals surface area contributed by atoms with Crippen LogP contribution in [0.2, 0.25) is 0 Å². The van der Waals surface area contributed by atoms with E-state index in [2.05, 4.69) is 152 Å². The van der Waals surface area contributed by atoms with Gasteiger partial charge in [0.2, 0.25) is 0 Å². The molecule has 0 aliphatic heterocycles. The van der Waals surface area contributed by atoms with Crippen LogP contribution in [0.4, 0.5) is 0 Å². The Morgan fingerprint density at radius 2 is 0.600 bits per heavy atom. The van der Waals surface area contributed by atoms with Gasteiger partial charge in [0.15, 0.2) is 0 Å². The molecular formula is C30H27P5. The zero-order chi connectivity index (χ0) is 23.7. The monoisotopic (exact) mass is 542 g/mol. The molecule has 0 radical (unpaired) electrons. The molecule has 0 aliphatic carbocycles. The van der Waals surface area contributed by atoms with Gasteiger partial charge in [0.25, 0.3) is 0 Å². The predicted octanol–water partition coefficient (Wildman–Crippen LogP) is 8.08. The molecule has 0 spiro atoms. The van der Waals surface area contributed by atoms with Gasteiger partial charge in [-0.3, -0.25) is 0 Å². The Bertz CT molecular complexity index is 1200. The molecule has 0 saturated heterocycles. The van der Waals surface area contributed by atoms with Crippen LogP contribution in [0.25, 0.3) is 0 Å². The van der Waals surface area contributed by atoms with Crippen molar-refractivity contribution in [2.75, 3.05) is 0 Å². The minimum absolute atomic E-state index is 0.403. The first-order valence-electron chi connectivity index (χ1n) is 11.6. The summed E-state index contributed by atoms with van der Waals surface area (Å²) in [6.45, 7) is 0. The lowest BCUT2D eigenvalue weighted by atomic mass is 10.4. The van der Waals surface area contributed by atoms with E-state index in [9.17, 15) is 0 Å². The molecule has 0 heterocycles. The normalized spacial score (nSPS) is 14.3. The highest BCUT2D eigenvalue weighted by atomic mass is 32.8. The number of benzene rings is 5. The van der Waals surface area contributed by atoms with Crippen LogP contribution in [0.5, 0.6) is 0 Å². The highest BCUT2D eigenvalue weighted by molar-refractivity contribution is 8.87. The third-order valence-electron chi connectivity index (χ3n) is 5.39. The Hall–Kier alpha value is -1.75. The second-order valence-electron chi connectivity index (χ2n) is 7.88. The highest BCUT2D eigenvalue weighted by Crippen LogP contribution is 2.94. The second-order valence-corrected chi connectivity index (χ2v) is 24.9. The Morgan fingerprint density at radius 3 is 0.943 bits per heavy atom. The van der Waals surface area contributed by atoms with Crippen LogP contribution >= 0.6 is 38.4 Å². The Kier molecular flexibility index (Phi) is 9.25. The first-order chi connectivity index (χ1) is 17.4. The van der Waals surface area contributed by atoms with Gasteiger partial charge in [0.05, 0.1) is 0 Å². The van der Waals surface area contributed by atoms with Crippen molar-refractivity contribution in [1.82, 2.24) is 0 Å². The molecule has 5 heteroatoms. The minimum atomic E-state index is -0.428. The summed E-state index contributed by atoms with van der Waals surface area (Å²) in [6.07, 6.45) is 0. The minimum Gasteiger partial charge on any atom is -0.0622 e. The molecule has 0 saturated carbocycles. The van der Waals surface area contributed by atoms with E-state index in [4.69, 9.17) is 0 Å². The molecule has 172 valence electrons. The van der Waals surface area contributed by atoms with Gasteiger partial charge in [0.1, 0.15) is 0 Å². The zero-order valence-corrected chi connectivity index (χ0v) is 24.0. The fraction of sp³-hybridized carbons (Fsp3) is 0. The predicted molar refractivity (Wildman–Crippen MR) is 168 cm³/mol. The van der Waals surface area contributed by atoms with Gasteiger partial charge in [-0.25, -0.2) is 0 Å². The SMILES string of the molecule is c1ccc(PP(c2ccccc2)P(c2ccccc2)P(Pc2ccccc2)c2ccccc2)cc1. The molecular weight excluding hydrogens is 515 g/mol. The summed E-state index contributed by atoms with van der Waals surface area (Å²) in [5, 5.41) is 7.54. The van der Waals surface area contributed by atoms with Gasteiger partial charge >= 0.3 is 0 Å². The third kappa shape index (κ3) is 6.72. The van der Waals surface area contributed by atoms with Crippen LogP contribution < -0.4 is 26.5 Å². The lowest BCUT2D eigenvalue weighted by Gasteiger charge is -2.36. The van der Waals surface area contributed by atoms with Crippen molar-refractivity contribution in [3.63, 3.8) is 0 Å². The smallest absolute Gasteiger partial charge is 0.00688 e. The van der Waals surface area contributed by atoms with Crippen LogP contribution in [0.3, 0.4) is 0 Å². The lowest BCUT2D eigenvalue weighted by molar-refractivity contribution is 1.77. The molecule has 0 N–H and O–H groups in total. The van der Waals surface area contributed by atoms with Crippen LogP contribution in [-0.4, -0.2) is 0 Å². The van der Waals surface area contributed by atoms with E-state index < -0.39 is 21.9 Å².